The van der Waals surface area contributed by atoms with Gasteiger partial charge < -0.3 is 19.0 Å². The lowest BCUT2D eigenvalue weighted by Crippen LogP contribution is -2.03. The molecule has 9 heteroatoms. The Morgan fingerprint density at radius 1 is 1.20 bits per heavy atom. The molecule has 0 radical (unpaired) electrons. The Morgan fingerprint density at radius 3 is 2.87 bits per heavy atom. The Balaban J connectivity index is 1.57. The summed E-state index contributed by atoms with van der Waals surface area (Å²) >= 11 is 1.28. The SMILES string of the molecule is COc1ccc2oc(=O)c(-c3csc(N/N=C\c4cccc(OC)c4O)n3)cc2c1. The number of hydrazone groups is 1. The maximum atomic E-state index is 12.4. The van der Waals surface area contributed by atoms with Crippen LogP contribution in [0.4, 0.5) is 5.13 Å². The fourth-order valence-corrected chi connectivity index (χ4v) is 3.48. The lowest BCUT2D eigenvalue weighted by Gasteiger charge is -2.04. The molecule has 0 amide bonds. The minimum atomic E-state index is -0.477. The first-order chi connectivity index (χ1) is 14.6. The third-order valence-electron chi connectivity index (χ3n) is 4.33. The van der Waals surface area contributed by atoms with Crippen molar-refractivity contribution in [2.24, 2.45) is 5.10 Å². The maximum absolute atomic E-state index is 12.4. The van der Waals surface area contributed by atoms with E-state index in [0.29, 0.717) is 39.0 Å². The van der Waals surface area contributed by atoms with Crippen molar-refractivity contribution in [1.29, 1.82) is 0 Å². The first-order valence-electron chi connectivity index (χ1n) is 8.82. The molecule has 0 aliphatic heterocycles. The summed E-state index contributed by atoms with van der Waals surface area (Å²) in [6, 6.07) is 12.0. The van der Waals surface area contributed by atoms with Gasteiger partial charge in [0.05, 0.1) is 31.7 Å². The molecule has 2 heterocycles. The van der Waals surface area contributed by atoms with Gasteiger partial charge in [-0.1, -0.05) is 6.07 Å². The molecule has 0 saturated heterocycles. The molecule has 0 aliphatic carbocycles. The van der Waals surface area contributed by atoms with E-state index in [9.17, 15) is 9.90 Å². The molecular formula is C21H17N3O5S. The van der Waals surface area contributed by atoms with Crippen LogP contribution in [0, 0.1) is 0 Å². The summed E-state index contributed by atoms with van der Waals surface area (Å²) in [6.45, 7) is 0. The van der Waals surface area contributed by atoms with E-state index in [2.05, 4.69) is 15.5 Å². The van der Waals surface area contributed by atoms with Crippen molar-refractivity contribution in [2.45, 2.75) is 0 Å². The van der Waals surface area contributed by atoms with Gasteiger partial charge in [0.25, 0.3) is 0 Å². The number of ether oxygens (including phenoxy) is 2. The second-order valence-electron chi connectivity index (χ2n) is 6.16. The minimum absolute atomic E-state index is 0.00502. The highest BCUT2D eigenvalue weighted by Crippen LogP contribution is 2.29. The molecule has 0 fully saturated rings. The van der Waals surface area contributed by atoms with Crippen LogP contribution < -0.4 is 20.5 Å². The number of aromatic hydroxyl groups is 1. The summed E-state index contributed by atoms with van der Waals surface area (Å²) in [6.07, 6.45) is 1.45. The Labute approximate surface area is 175 Å². The third kappa shape index (κ3) is 3.83. The lowest BCUT2D eigenvalue weighted by molar-refractivity contribution is 0.373. The summed E-state index contributed by atoms with van der Waals surface area (Å²) in [4.78, 5) is 16.8. The molecule has 8 nitrogen and oxygen atoms in total. The molecule has 0 saturated carbocycles. The molecule has 2 aromatic carbocycles. The monoisotopic (exact) mass is 423 g/mol. The number of fused-ring (bicyclic) bond motifs is 1. The first kappa shape index (κ1) is 19.5. The van der Waals surface area contributed by atoms with E-state index >= 15 is 0 Å². The normalized spacial score (nSPS) is 11.1. The van der Waals surface area contributed by atoms with Gasteiger partial charge in [-0.05, 0) is 36.4 Å². The molecule has 4 rings (SSSR count). The third-order valence-corrected chi connectivity index (χ3v) is 5.08. The number of nitrogens with zero attached hydrogens (tertiary/aromatic N) is 2. The molecule has 2 aromatic heterocycles. The molecule has 152 valence electrons. The summed E-state index contributed by atoms with van der Waals surface area (Å²) in [5.74, 6) is 1.02. The van der Waals surface area contributed by atoms with Crippen LogP contribution >= 0.6 is 11.3 Å². The number of phenolic OH excluding ortho intramolecular Hbond substituents is 1. The van der Waals surface area contributed by atoms with Crippen molar-refractivity contribution in [3.63, 3.8) is 0 Å². The van der Waals surface area contributed by atoms with Gasteiger partial charge in [-0.25, -0.2) is 9.78 Å². The number of thiazole rings is 1. The van der Waals surface area contributed by atoms with Crippen LogP contribution in [0.2, 0.25) is 0 Å². The van der Waals surface area contributed by atoms with Crippen LogP contribution in [-0.2, 0) is 0 Å². The number of phenols is 1. The molecule has 2 N–H and O–H groups in total. The quantitative estimate of drug-likeness (QED) is 0.273. The molecule has 0 bridgehead atoms. The van der Waals surface area contributed by atoms with Crippen molar-refractivity contribution in [2.75, 3.05) is 19.6 Å². The highest BCUT2D eigenvalue weighted by Gasteiger charge is 2.12. The second-order valence-corrected chi connectivity index (χ2v) is 7.02. The highest BCUT2D eigenvalue weighted by atomic mass is 32.1. The number of benzene rings is 2. The predicted molar refractivity (Wildman–Crippen MR) is 116 cm³/mol. The van der Waals surface area contributed by atoms with E-state index in [4.69, 9.17) is 13.9 Å². The van der Waals surface area contributed by atoms with Gasteiger partial charge in [0.2, 0.25) is 5.13 Å². The van der Waals surface area contributed by atoms with Crippen LogP contribution in [0.25, 0.3) is 22.2 Å². The van der Waals surface area contributed by atoms with E-state index < -0.39 is 5.63 Å². The summed E-state index contributed by atoms with van der Waals surface area (Å²) in [7, 11) is 3.05. The Morgan fingerprint density at radius 2 is 2.07 bits per heavy atom. The molecule has 0 unspecified atom stereocenters. The topological polar surface area (TPSA) is 106 Å². The number of para-hydroxylation sites is 1. The van der Waals surface area contributed by atoms with E-state index in [-0.39, 0.29) is 5.75 Å². The van der Waals surface area contributed by atoms with E-state index in [0.717, 1.165) is 5.39 Å². The van der Waals surface area contributed by atoms with Crippen LogP contribution in [0.5, 0.6) is 17.2 Å². The zero-order valence-electron chi connectivity index (χ0n) is 16.1. The van der Waals surface area contributed by atoms with Gasteiger partial charge in [0, 0.05) is 16.3 Å². The van der Waals surface area contributed by atoms with Crippen LogP contribution in [0.1, 0.15) is 5.56 Å². The summed E-state index contributed by atoms with van der Waals surface area (Å²) in [5.41, 5.74) is 4.09. The van der Waals surface area contributed by atoms with Crippen molar-refractivity contribution in [1.82, 2.24) is 4.98 Å². The molecule has 0 atom stereocenters. The Bertz CT molecular complexity index is 1300. The highest BCUT2D eigenvalue weighted by molar-refractivity contribution is 7.14. The van der Waals surface area contributed by atoms with Crippen LogP contribution in [0.15, 0.2) is 62.2 Å². The summed E-state index contributed by atoms with van der Waals surface area (Å²) in [5, 5.41) is 17.1. The molecule has 4 aromatic rings. The number of hydrogen-bond donors (Lipinski definition) is 2. The molecule has 0 spiro atoms. The standard InChI is InChI=1S/C21H17N3O5S/c1-27-14-6-7-17-13(8-14)9-15(20(26)29-17)16-11-30-21(23-16)24-22-10-12-4-3-5-18(28-2)19(12)25/h3-11,25H,1-2H3,(H,23,24)/b22-10-. The average Bonchev–Trinajstić information content (AvgIpc) is 3.22. The van der Waals surface area contributed by atoms with Gasteiger partial charge in [-0.15, -0.1) is 11.3 Å². The number of hydrogen-bond acceptors (Lipinski definition) is 9. The lowest BCUT2D eigenvalue weighted by atomic mass is 10.1. The number of rotatable bonds is 6. The number of nitrogens with one attached hydrogen (secondary N) is 1. The number of aromatic nitrogens is 1. The largest absolute Gasteiger partial charge is 0.504 e. The minimum Gasteiger partial charge on any atom is -0.504 e. The van der Waals surface area contributed by atoms with E-state index in [1.807, 2.05) is 0 Å². The van der Waals surface area contributed by atoms with Gasteiger partial charge in [0.1, 0.15) is 11.3 Å². The Kier molecular flexibility index (Phi) is 5.36. The zero-order valence-corrected chi connectivity index (χ0v) is 16.9. The van der Waals surface area contributed by atoms with Crippen molar-refractivity contribution < 1.29 is 19.0 Å². The van der Waals surface area contributed by atoms with Crippen molar-refractivity contribution in [3.05, 3.63) is 63.8 Å². The second kappa shape index (κ2) is 8.26. The fraction of sp³-hybridized carbons (Fsp3) is 0.0952. The van der Waals surface area contributed by atoms with E-state index in [1.54, 1.807) is 55.0 Å². The molecule has 0 aliphatic rings. The number of methoxy groups -OCH3 is 2. The average molecular weight is 423 g/mol. The fourth-order valence-electron chi connectivity index (χ4n) is 2.82. The van der Waals surface area contributed by atoms with Gasteiger partial charge in [-0.2, -0.15) is 5.10 Å². The number of anilines is 1. The van der Waals surface area contributed by atoms with Crippen molar-refractivity contribution in [3.8, 4) is 28.5 Å². The van der Waals surface area contributed by atoms with Crippen LogP contribution in [-0.4, -0.2) is 30.5 Å². The van der Waals surface area contributed by atoms with E-state index in [1.165, 1.54) is 24.7 Å². The molecule has 30 heavy (non-hydrogen) atoms. The van der Waals surface area contributed by atoms with Gasteiger partial charge >= 0.3 is 5.63 Å². The summed E-state index contributed by atoms with van der Waals surface area (Å²) < 4.78 is 15.7. The van der Waals surface area contributed by atoms with Gasteiger partial charge in [0.15, 0.2) is 11.5 Å². The van der Waals surface area contributed by atoms with Crippen molar-refractivity contribution >= 4 is 33.7 Å². The molecular weight excluding hydrogens is 406 g/mol. The van der Waals surface area contributed by atoms with Crippen LogP contribution in [0.3, 0.4) is 0 Å². The smallest absolute Gasteiger partial charge is 0.345 e. The predicted octanol–water partition coefficient (Wildman–Crippen LogP) is 4.09. The Hall–Kier alpha value is -3.85. The zero-order chi connectivity index (χ0) is 21.1. The van der Waals surface area contributed by atoms with Gasteiger partial charge in [-0.3, -0.25) is 5.43 Å². The first-order valence-corrected chi connectivity index (χ1v) is 9.70. The maximum Gasteiger partial charge on any atom is 0.345 e.